The largest absolute Gasteiger partial charge is 0.354 e. The number of amides is 1. The first-order valence-corrected chi connectivity index (χ1v) is 7.75. The van der Waals surface area contributed by atoms with Gasteiger partial charge >= 0.3 is 0 Å². The summed E-state index contributed by atoms with van der Waals surface area (Å²) in [6.07, 6.45) is 1.63. The molecule has 0 saturated heterocycles. The number of hydrogen-bond donors (Lipinski definition) is 2. The summed E-state index contributed by atoms with van der Waals surface area (Å²) in [6.45, 7) is 1.97. The number of rotatable bonds is 4. The van der Waals surface area contributed by atoms with Crippen LogP contribution < -0.4 is 10.6 Å². The molecular formula is C20H16N4O. The van der Waals surface area contributed by atoms with Crippen LogP contribution in [-0.4, -0.2) is 10.9 Å². The topological polar surface area (TPSA) is 77.8 Å². The molecule has 0 bridgehead atoms. The second-order valence-electron chi connectivity index (χ2n) is 5.57. The molecule has 0 aliphatic rings. The van der Waals surface area contributed by atoms with E-state index in [-0.39, 0.29) is 5.91 Å². The molecule has 0 unspecified atom stereocenters. The van der Waals surface area contributed by atoms with Crippen LogP contribution in [0.1, 0.15) is 21.5 Å². The second-order valence-corrected chi connectivity index (χ2v) is 5.57. The molecule has 5 heteroatoms. The number of aryl methyl sites for hydroxylation is 1. The number of carbonyl (C=O) groups excluding carboxylic acids is 1. The molecule has 1 amide bonds. The van der Waals surface area contributed by atoms with Crippen molar-refractivity contribution < 1.29 is 4.79 Å². The number of hydrogen-bond acceptors (Lipinski definition) is 4. The Morgan fingerprint density at radius 3 is 2.52 bits per heavy atom. The van der Waals surface area contributed by atoms with Gasteiger partial charge in [-0.25, -0.2) is 4.98 Å². The van der Waals surface area contributed by atoms with Crippen molar-refractivity contribution in [2.45, 2.75) is 6.92 Å². The van der Waals surface area contributed by atoms with Crippen LogP contribution in [0.25, 0.3) is 0 Å². The Hall–Kier alpha value is -3.65. The molecule has 0 saturated carbocycles. The van der Waals surface area contributed by atoms with Crippen molar-refractivity contribution in [1.29, 1.82) is 5.26 Å². The van der Waals surface area contributed by atoms with Crippen molar-refractivity contribution in [2.24, 2.45) is 0 Å². The van der Waals surface area contributed by atoms with E-state index in [0.717, 1.165) is 16.9 Å². The highest BCUT2D eigenvalue weighted by Crippen LogP contribution is 2.18. The number of nitrogens with zero attached hydrogens (tertiary/aromatic N) is 2. The van der Waals surface area contributed by atoms with E-state index in [1.165, 1.54) is 0 Å². The highest BCUT2D eigenvalue weighted by atomic mass is 16.1. The Morgan fingerprint density at radius 2 is 1.84 bits per heavy atom. The molecular weight excluding hydrogens is 312 g/mol. The van der Waals surface area contributed by atoms with Gasteiger partial charge in [0.2, 0.25) is 0 Å². The van der Waals surface area contributed by atoms with Crippen molar-refractivity contribution in [2.75, 3.05) is 10.6 Å². The second kappa shape index (κ2) is 7.28. The molecule has 0 aliphatic carbocycles. The summed E-state index contributed by atoms with van der Waals surface area (Å²) < 4.78 is 0. The minimum atomic E-state index is -0.199. The summed E-state index contributed by atoms with van der Waals surface area (Å²) in [4.78, 5) is 16.4. The number of aromatic nitrogens is 1. The Balaban J connectivity index is 1.66. The maximum absolute atomic E-state index is 12.2. The van der Waals surface area contributed by atoms with E-state index in [4.69, 9.17) is 5.26 Å². The Morgan fingerprint density at radius 1 is 1.04 bits per heavy atom. The average molecular weight is 328 g/mol. The van der Waals surface area contributed by atoms with Gasteiger partial charge in [0.05, 0.1) is 23.5 Å². The van der Waals surface area contributed by atoms with Gasteiger partial charge in [-0.05, 0) is 49.4 Å². The number of pyridine rings is 1. The van der Waals surface area contributed by atoms with Crippen molar-refractivity contribution in [1.82, 2.24) is 4.98 Å². The van der Waals surface area contributed by atoms with Gasteiger partial charge in [0.25, 0.3) is 5.91 Å². The third-order valence-electron chi connectivity index (χ3n) is 3.60. The van der Waals surface area contributed by atoms with Gasteiger partial charge < -0.3 is 10.6 Å². The minimum absolute atomic E-state index is 0.199. The maximum atomic E-state index is 12.2. The van der Waals surface area contributed by atoms with E-state index in [9.17, 15) is 4.79 Å². The third kappa shape index (κ3) is 4.21. The minimum Gasteiger partial charge on any atom is -0.354 e. The SMILES string of the molecule is Cc1ccc(C(=O)Nc2ccc(Nc3cccc(C#N)c3)cn2)cc1. The van der Waals surface area contributed by atoms with Gasteiger partial charge in [0.15, 0.2) is 0 Å². The highest BCUT2D eigenvalue weighted by Gasteiger charge is 2.06. The predicted octanol–water partition coefficient (Wildman–Crippen LogP) is 4.26. The molecule has 122 valence electrons. The van der Waals surface area contributed by atoms with Crippen molar-refractivity contribution in [3.8, 4) is 6.07 Å². The molecule has 0 aliphatic heterocycles. The van der Waals surface area contributed by atoms with Crippen LogP contribution in [0.5, 0.6) is 0 Å². The van der Waals surface area contributed by atoms with Crippen LogP contribution in [-0.2, 0) is 0 Å². The van der Waals surface area contributed by atoms with Crippen LogP contribution in [0.4, 0.5) is 17.2 Å². The number of nitriles is 1. The van der Waals surface area contributed by atoms with E-state index < -0.39 is 0 Å². The molecule has 1 heterocycles. The van der Waals surface area contributed by atoms with E-state index in [0.29, 0.717) is 16.9 Å². The smallest absolute Gasteiger partial charge is 0.256 e. The fraction of sp³-hybridized carbons (Fsp3) is 0.0500. The Kier molecular flexibility index (Phi) is 4.72. The lowest BCUT2D eigenvalue weighted by Gasteiger charge is -2.08. The molecule has 25 heavy (non-hydrogen) atoms. The lowest BCUT2D eigenvalue weighted by Crippen LogP contribution is -2.12. The van der Waals surface area contributed by atoms with Crippen LogP contribution >= 0.6 is 0 Å². The number of anilines is 3. The highest BCUT2D eigenvalue weighted by molar-refractivity contribution is 6.03. The molecule has 5 nitrogen and oxygen atoms in total. The van der Waals surface area contributed by atoms with Crippen LogP contribution in [0.2, 0.25) is 0 Å². The summed E-state index contributed by atoms with van der Waals surface area (Å²) in [5.74, 6) is 0.275. The van der Waals surface area contributed by atoms with Crippen molar-refractivity contribution in [3.05, 3.63) is 83.6 Å². The van der Waals surface area contributed by atoms with E-state index in [2.05, 4.69) is 21.7 Å². The van der Waals surface area contributed by atoms with Crippen LogP contribution in [0, 0.1) is 18.3 Å². The number of nitrogens with one attached hydrogen (secondary N) is 2. The first-order valence-electron chi connectivity index (χ1n) is 7.75. The lowest BCUT2D eigenvalue weighted by atomic mass is 10.1. The van der Waals surface area contributed by atoms with E-state index in [1.807, 2.05) is 37.3 Å². The number of benzene rings is 2. The average Bonchev–Trinajstić information content (AvgIpc) is 2.64. The zero-order chi connectivity index (χ0) is 17.6. The van der Waals surface area contributed by atoms with Gasteiger partial charge in [0.1, 0.15) is 5.82 Å². The Labute approximate surface area is 146 Å². The van der Waals surface area contributed by atoms with Gasteiger partial charge in [-0.2, -0.15) is 5.26 Å². The predicted molar refractivity (Wildman–Crippen MR) is 97.8 cm³/mol. The fourth-order valence-corrected chi connectivity index (χ4v) is 2.27. The normalized spacial score (nSPS) is 9.92. The summed E-state index contributed by atoms with van der Waals surface area (Å²) in [5, 5.41) is 14.9. The monoisotopic (exact) mass is 328 g/mol. The Bertz CT molecular complexity index is 925. The molecule has 3 rings (SSSR count). The van der Waals surface area contributed by atoms with Gasteiger partial charge in [0, 0.05) is 11.3 Å². The first-order chi connectivity index (χ1) is 12.1. The summed E-state index contributed by atoms with van der Waals surface area (Å²) >= 11 is 0. The molecule has 0 fully saturated rings. The van der Waals surface area contributed by atoms with Gasteiger partial charge in [-0.3, -0.25) is 4.79 Å². The molecule has 2 N–H and O–H groups in total. The zero-order valence-electron chi connectivity index (χ0n) is 13.7. The van der Waals surface area contributed by atoms with Gasteiger partial charge in [-0.1, -0.05) is 23.8 Å². The summed E-state index contributed by atoms with van der Waals surface area (Å²) in [7, 11) is 0. The first kappa shape index (κ1) is 16.2. The molecule has 0 atom stereocenters. The lowest BCUT2D eigenvalue weighted by molar-refractivity contribution is 0.102. The quantitative estimate of drug-likeness (QED) is 0.750. The van der Waals surface area contributed by atoms with Crippen LogP contribution in [0.15, 0.2) is 66.9 Å². The van der Waals surface area contributed by atoms with Crippen molar-refractivity contribution in [3.63, 3.8) is 0 Å². The summed E-state index contributed by atoms with van der Waals surface area (Å²) in [6, 6.07) is 20.2. The fourth-order valence-electron chi connectivity index (χ4n) is 2.27. The van der Waals surface area contributed by atoms with Gasteiger partial charge in [-0.15, -0.1) is 0 Å². The molecule has 3 aromatic rings. The maximum Gasteiger partial charge on any atom is 0.256 e. The van der Waals surface area contributed by atoms with E-state index >= 15 is 0 Å². The van der Waals surface area contributed by atoms with E-state index in [1.54, 1.807) is 36.5 Å². The number of carbonyl (C=O) groups is 1. The molecule has 0 spiro atoms. The molecule has 0 radical (unpaired) electrons. The van der Waals surface area contributed by atoms with Crippen molar-refractivity contribution >= 4 is 23.1 Å². The van der Waals surface area contributed by atoms with Crippen LogP contribution in [0.3, 0.4) is 0 Å². The molecule has 1 aromatic heterocycles. The zero-order valence-corrected chi connectivity index (χ0v) is 13.7. The third-order valence-corrected chi connectivity index (χ3v) is 3.60. The summed E-state index contributed by atoms with van der Waals surface area (Å²) in [5.41, 5.74) is 3.84. The molecule has 2 aromatic carbocycles. The standard InChI is InChI=1S/C20H16N4O/c1-14-5-7-16(8-6-14)20(25)24-19-10-9-18(13-22-19)23-17-4-2-3-15(11-17)12-21/h2-11,13,23H,1H3,(H,22,24,25).